The minimum atomic E-state index is -4.17. The van der Waals surface area contributed by atoms with Crippen molar-refractivity contribution in [2.75, 3.05) is 6.61 Å². The van der Waals surface area contributed by atoms with Gasteiger partial charge in [0.15, 0.2) is 11.6 Å². The van der Waals surface area contributed by atoms with Crippen LogP contribution in [0.3, 0.4) is 0 Å². The second kappa shape index (κ2) is 6.19. The number of allylic oxidation sites excluding steroid dienone is 1. The van der Waals surface area contributed by atoms with Gasteiger partial charge in [0.25, 0.3) is 0 Å². The summed E-state index contributed by atoms with van der Waals surface area (Å²) in [6, 6.07) is 0. The van der Waals surface area contributed by atoms with E-state index < -0.39 is 42.7 Å². The van der Waals surface area contributed by atoms with Crippen molar-refractivity contribution < 1.29 is 34.0 Å². The van der Waals surface area contributed by atoms with Gasteiger partial charge in [0.1, 0.15) is 6.10 Å². The van der Waals surface area contributed by atoms with Crippen LogP contribution in [0.25, 0.3) is 0 Å². The lowest BCUT2D eigenvalue weighted by Gasteiger charge is -2.35. The van der Waals surface area contributed by atoms with Gasteiger partial charge in [-0.25, -0.2) is 8.78 Å². The number of carbonyl (C=O) groups is 1. The molecule has 18 heavy (non-hydrogen) atoms. The highest BCUT2D eigenvalue weighted by molar-refractivity contribution is 5.79. The van der Waals surface area contributed by atoms with Crippen molar-refractivity contribution in [3.8, 4) is 0 Å². The first-order valence-electron chi connectivity index (χ1n) is 5.12. The van der Waals surface area contributed by atoms with E-state index in [0.29, 0.717) is 0 Å². The first kappa shape index (κ1) is 16.9. The predicted octanol–water partition coefficient (Wildman–Crippen LogP) is -0.916. The van der Waals surface area contributed by atoms with Gasteiger partial charge in [-0.05, 0) is 13.3 Å². The van der Waals surface area contributed by atoms with Crippen molar-refractivity contribution in [2.45, 2.75) is 37.0 Å². The zero-order valence-electron chi connectivity index (χ0n) is 9.75. The van der Waals surface area contributed by atoms with E-state index in [1.54, 1.807) is 6.92 Å². The molecule has 0 aromatic heterocycles. The van der Waals surface area contributed by atoms with Crippen LogP contribution < -0.4 is 5.73 Å². The molecule has 0 aromatic rings. The molecule has 0 radical (unpaired) electrons. The number of aliphatic carboxylic acids is 1. The predicted molar refractivity (Wildman–Crippen MR) is 58.0 cm³/mol. The monoisotopic (exact) mass is 269 g/mol. The first-order chi connectivity index (χ1) is 8.14. The van der Waals surface area contributed by atoms with Crippen LogP contribution in [0.4, 0.5) is 8.78 Å². The second-order valence-corrected chi connectivity index (χ2v) is 3.90. The normalized spacial score (nSPS) is 19.5. The Hall–Kier alpha value is -1.09. The number of alkyl halides is 2. The molecule has 3 unspecified atom stereocenters. The highest BCUT2D eigenvalue weighted by atomic mass is 19.3. The molecule has 8 heteroatoms. The molecule has 0 heterocycles. The van der Waals surface area contributed by atoms with Crippen LogP contribution in [0.5, 0.6) is 0 Å². The Kier molecular flexibility index (Phi) is 5.81. The van der Waals surface area contributed by atoms with Crippen LogP contribution in [0.2, 0.25) is 0 Å². The van der Waals surface area contributed by atoms with Gasteiger partial charge in [-0.3, -0.25) is 4.79 Å². The molecule has 0 saturated heterocycles. The number of halogens is 2. The molecule has 0 aliphatic heterocycles. The van der Waals surface area contributed by atoms with Gasteiger partial charge in [0.05, 0.1) is 6.61 Å². The van der Waals surface area contributed by atoms with Crippen LogP contribution in [-0.4, -0.2) is 56.7 Å². The fraction of sp³-hybridized carbons (Fsp3) is 0.700. The molecular formula is C10H17F2NO5. The molecule has 0 aliphatic rings. The smallest absolute Gasteiger partial charge is 0.329 e. The Labute approximate surface area is 102 Å². The third-order valence-corrected chi connectivity index (χ3v) is 2.55. The van der Waals surface area contributed by atoms with Crippen LogP contribution >= 0.6 is 0 Å². The quantitative estimate of drug-likeness (QED) is 0.381. The third kappa shape index (κ3) is 3.22. The molecule has 0 rings (SSSR count). The third-order valence-electron chi connectivity index (χ3n) is 2.55. The largest absolute Gasteiger partial charge is 0.480 e. The maximum absolute atomic E-state index is 13.6. The molecule has 0 fully saturated rings. The maximum atomic E-state index is 13.6. The van der Waals surface area contributed by atoms with Crippen LogP contribution in [-0.2, 0) is 4.79 Å². The van der Waals surface area contributed by atoms with Gasteiger partial charge < -0.3 is 26.2 Å². The average Bonchev–Trinajstić information content (AvgIpc) is 2.33. The van der Waals surface area contributed by atoms with Gasteiger partial charge in [0, 0.05) is 0 Å². The van der Waals surface area contributed by atoms with Crippen LogP contribution in [0.1, 0.15) is 13.3 Å². The molecular weight excluding hydrogens is 252 g/mol. The number of carboxylic acids is 1. The fourth-order valence-electron chi connectivity index (χ4n) is 1.22. The lowest BCUT2D eigenvalue weighted by Crippen LogP contribution is -2.67. The molecule has 0 spiro atoms. The Morgan fingerprint density at radius 3 is 2.28 bits per heavy atom. The maximum Gasteiger partial charge on any atom is 0.329 e. The number of hydrogen-bond donors (Lipinski definition) is 5. The van der Waals surface area contributed by atoms with Gasteiger partial charge in [-0.15, -0.1) is 0 Å². The molecule has 6 N–H and O–H groups in total. The van der Waals surface area contributed by atoms with Crippen molar-refractivity contribution in [3.05, 3.63) is 12.2 Å². The van der Waals surface area contributed by atoms with Gasteiger partial charge in [-0.1, -0.05) is 12.2 Å². The van der Waals surface area contributed by atoms with Crippen molar-refractivity contribution in [3.63, 3.8) is 0 Å². The van der Waals surface area contributed by atoms with Crippen molar-refractivity contribution in [2.24, 2.45) is 5.73 Å². The summed E-state index contributed by atoms with van der Waals surface area (Å²) < 4.78 is 27.2. The molecule has 0 aliphatic carbocycles. The molecule has 0 aromatic carbocycles. The highest BCUT2D eigenvalue weighted by Crippen LogP contribution is 2.31. The number of rotatable bonds is 7. The van der Waals surface area contributed by atoms with Crippen molar-refractivity contribution in [1.29, 1.82) is 0 Å². The molecule has 0 saturated carbocycles. The summed E-state index contributed by atoms with van der Waals surface area (Å²) in [5.74, 6) is -6.16. The van der Waals surface area contributed by atoms with Crippen molar-refractivity contribution >= 4 is 5.97 Å². The van der Waals surface area contributed by atoms with E-state index in [1.807, 2.05) is 0 Å². The standard InChI is InChI=1S/C10H17F2NO5/c1-2-3-4-6(15)10(11,12)7(16)9(13,5-14)8(17)18/h2-3,6-7,14-16H,4-5,13H2,1H3,(H,17,18)/b3-2+. The first-order valence-corrected chi connectivity index (χ1v) is 5.12. The Balaban J connectivity index is 5.14. The van der Waals surface area contributed by atoms with Gasteiger partial charge >= 0.3 is 11.9 Å². The summed E-state index contributed by atoms with van der Waals surface area (Å²) in [4.78, 5) is 10.7. The topological polar surface area (TPSA) is 124 Å². The summed E-state index contributed by atoms with van der Waals surface area (Å²) >= 11 is 0. The Morgan fingerprint density at radius 2 is 1.94 bits per heavy atom. The van der Waals surface area contributed by atoms with Crippen molar-refractivity contribution in [1.82, 2.24) is 0 Å². The van der Waals surface area contributed by atoms with E-state index in [1.165, 1.54) is 12.2 Å². The van der Waals surface area contributed by atoms with Gasteiger partial charge in [-0.2, -0.15) is 0 Å². The van der Waals surface area contributed by atoms with Crippen LogP contribution in [0, 0.1) is 0 Å². The van der Waals surface area contributed by atoms with E-state index >= 15 is 0 Å². The number of nitrogens with two attached hydrogens (primary N) is 1. The van der Waals surface area contributed by atoms with E-state index in [-0.39, 0.29) is 0 Å². The van der Waals surface area contributed by atoms with E-state index in [0.717, 1.165) is 0 Å². The minimum Gasteiger partial charge on any atom is -0.480 e. The molecule has 0 bridgehead atoms. The van der Waals surface area contributed by atoms with E-state index in [9.17, 15) is 23.8 Å². The second-order valence-electron chi connectivity index (χ2n) is 3.90. The molecule has 106 valence electrons. The Bertz CT molecular complexity index is 323. The summed E-state index contributed by atoms with van der Waals surface area (Å²) in [5, 5.41) is 36.0. The van der Waals surface area contributed by atoms with Crippen LogP contribution in [0.15, 0.2) is 12.2 Å². The summed E-state index contributed by atoms with van der Waals surface area (Å²) in [7, 11) is 0. The average molecular weight is 269 g/mol. The zero-order chi connectivity index (χ0) is 14.6. The number of hydrogen-bond acceptors (Lipinski definition) is 5. The summed E-state index contributed by atoms with van der Waals surface area (Å²) in [5.41, 5.74) is 2.08. The zero-order valence-corrected chi connectivity index (χ0v) is 9.75. The Morgan fingerprint density at radius 1 is 1.44 bits per heavy atom. The summed E-state index contributed by atoms with van der Waals surface area (Å²) in [6.45, 7) is 0.148. The summed E-state index contributed by atoms with van der Waals surface area (Å²) in [6.07, 6.45) is -3.08. The van der Waals surface area contributed by atoms with E-state index in [4.69, 9.17) is 15.9 Å². The minimum absolute atomic E-state index is 0.484. The van der Waals surface area contributed by atoms with E-state index in [2.05, 4.69) is 0 Å². The fourth-order valence-corrected chi connectivity index (χ4v) is 1.22. The molecule has 3 atom stereocenters. The molecule has 6 nitrogen and oxygen atoms in total. The highest BCUT2D eigenvalue weighted by Gasteiger charge is 2.57. The SMILES string of the molecule is C/C=C/CC(O)C(F)(F)C(O)C(N)(CO)C(=O)O. The lowest BCUT2D eigenvalue weighted by atomic mass is 9.87. The lowest BCUT2D eigenvalue weighted by molar-refractivity contribution is -0.206. The van der Waals surface area contributed by atoms with Gasteiger partial charge in [0.2, 0.25) is 0 Å². The molecule has 0 amide bonds. The number of carboxylic acid groups (broad SMARTS) is 1. The number of aliphatic hydroxyl groups excluding tert-OH is 3. The number of aliphatic hydroxyl groups is 3.